The summed E-state index contributed by atoms with van der Waals surface area (Å²) in [6.45, 7) is 7.85. The van der Waals surface area contributed by atoms with Crippen LogP contribution in [0.25, 0.3) is 0 Å². The van der Waals surface area contributed by atoms with Gasteiger partial charge in [-0.25, -0.2) is 0 Å². The lowest BCUT2D eigenvalue weighted by Gasteiger charge is -2.33. The molecule has 0 saturated carbocycles. The Morgan fingerprint density at radius 1 is 1.20 bits per heavy atom. The van der Waals surface area contributed by atoms with Crippen LogP contribution in [0.5, 0.6) is 0 Å². The first-order chi connectivity index (χ1) is 7.24. The summed E-state index contributed by atoms with van der Waals surface area (Å²) >= 11 is 0. The lowest BCUT2D eigenvalue weighted by molar-refractivity contribution is 0.0713. The third kappa shape index (κ3) is 4.98. The first kappa shape index (κ1) is 13.0. The van der Waals surface area contributed by atoms with E-state index < -0.39 is 0 Å². The minimum absolute atomic E-state index is 0.104. The fraction of sp³-hybridized carbons (Fsp3) is 1.00. The van der Waals surface area contributed by atoms with Gasteiger partial charge in [0.25, 0.3) is 0 Å². The fourth-order valence-corrected chi connectivity index (χ4v) is 2.42. The van der Waals surface area contributed by atoms with Gasteiger partial charge in [-0.05, 0) is 51.7 Å². The molecule has 1 unspecified atom stereocenters. The molecule has 1 N–H and O–H groups in total. The number of aliphatic hydroxyl groups excluding tert-OH is 1. The van der Waals surface area contributed by atoms with Gasteiger partial charge < -0.3 is 10.0 Å². The molecule has 0 aromatic heterocycles. The summed E-state index contributed by atoms with van der Waals surface area (Å²) in [5, 5.41) is 9.49. The molecule has 0 radical (unpaired) electrons. The van der Waals surface area contributed by atoms with Gasteiger partial charge in [-0.2, -0.15) is 0 Å². The molecule has 0 aliphatic carbocycles. The minimum Gasteiger partial charge on any atom is -0.393 e. The topological polar surface area (TPSA) is 23.5 Å². The molecule has 1 atom stereocenters. The summed E-state index contributed by atoms with van der Waals surface area (Å²) < 4.78 is 0. The number of likely N-dealkylation sites (tertiary alicyclic amines) is 1. The van der Waals surface area contributed by atoms with E-state index in [-0.39, 0.29) is 6.10 Å². The van der Waals surface area contributed by atoms with E-state index in [1.54, 1.807) is 0 Å². The van der Waals surface area contributed by atoms with Crippen molar-refractivity contribution in [3.05, 3.63) is 0 Å². The Hall–Kier alpha value is -0.0800. The molecule has 0 aromatic carbocycles. The second kappa shape index (κ2) is 7.24. The molecule has 2 heteroatoms. The average molecular weight is 213 g/mol. The number of rotatable bonds is 6. The van der Waals surface area contributed by atoms with E-state index in [1.807, 2.05) is 6.92 Å². The van der Waals surface area contributed by atoms with Crippen molar-refractivity contribution in [2.24, 2.45) is 5.92 Å². The Balaban J connectivity index is 2.04. The first-order valence-corrected chi connectivity index (χ1v) is 6.64. The van der Waals surface area contributed by atoms with E-state index in [1.165, 1.54) is 58.2 Å². The summed E-state index contributed by atoms with van der Waals surface area (Å²) in [4.78, 5) is 2.56. The zero-order chi connectivity index (χ0) is 11.1. The zero-order valence-electron chi connectivity index (χ0n) is 10.4. The van der Waals surface area contributed by atoms with Crippen LogP contribution in [-0.4, -0.2) is 35.7 Å². The Labute approximate surface area is 94.7 Å². The Kier molecular flexibility index (Phi) is 6.26. The summed E-state index contributed by atoms with van der Waals surface area (Å²) in [5.41, 5.74) is 0. The van der Waals surface area contributed by atoms with Gasteiger partial charge in [0.2, 0.25) is 0 Å². The van der Waals surface area contributed by atoms with Crippen molar-refractivity contribution >= 4 is 0 Å². The molecule has 1 heterocycles. The minimum atomic E-state index is -0.104. The van der Waals surface area contributed by atoms with Crippen LogP contribution in [0.15, 0.2) is 0 Å². The van der Waals surface area contributed by atoms with E-state index >= 15 is 0 Å². The van der Waals surface area contributed by atoms with Crippen molar-refractivity contribution in [3.8, 4) is 0 Å². The molecule has 1 fully saturated rings. The number of nitrogens with zero attached hydrogens (tertiary/aromatic N) is 1. The Morgan fingerprint density at radius 3 is 2.40 bits per heavy atom. The summed E-state index contributed by atoms with van der Waals surface area (Å²) in [6, 6.07) is 0. The van der Waals surface area contributed by atoms with Gasteiger partial charge in [-0.15, -0.1) is 0 Å². The van der Waals surface area contributed by atoms with Crippen molar-refractivity contribution in [3.63, 3.8) is 0 Å². The van der Waals surface area contributed by atoms with Crippen molar-refractivity contribution < 1.29 is 5.11 Å². The largest absolute Gasteiger partial charge is 0.393 e. The summed E-state index contributed by atoms with van der Waals surface area (Å²) in [5.74, 6) is 0.553. The van der Waals surface area contributed by atoms with Crippen LogP contribution in [0.3, 0.4) is 0 Å². The average Bonchev–Trinajstić information content (AvgIpc) is 2.25. The maximum atomic E-state index is 9.49. The number of aliphatic hydroxyl groups is 1. The predicted molar refractivity (Wildman–Crippen MR) is 65.0 cm³/mol. The Bertz CT molecular complexity index is 151. The van der Waals surface area contributed by atoms with Crippen LogP contribution in [-0.2, 0) is 0 Å². The number of piperidine rings is 1. The van der Waals surface area contributed by atoms with E-state index in [0.29, 0.717) is 5.92 Å². The van der Waals surface area contributed by atoms with Gasteiger partial charge in [0.05, 0.1) is 6.10 Å². The SMILES string of the molecule is CCCCCCN1CCC(C(C)O)CC1. The first-order valence-electron chi connectivity index (χ1n) is 6.64. The molecule has 0 amide bonds. The van der Waals surface area contributed by atoms with Crippen molar-refractivity contribution in [2.45, 2.75) is 58.5 Å². The monoisotopic (exact) mass is 213 g/mol. The lowest BCUT2D eigenvalue weighted by atomic mass is 9.92. The molecule has 15 heavy (non-hydrogen) atoms. The van der Waals surface area contributed by atoms with Gasteiger partial charge in [0.1, 0.15) is 0 Å². The number of hydrogen-bond acceptors (Lipinski definition) is 2. The van der Waals surface area contributed by atoms with Crippen LogP contribution in [0.4, 0.5) is 0 Å². The second-order valence-corrected chi connectivity index (χ2v) is 4.98. The molecule has 1 rings (SSSR count). The van der Waals surface area contributed by atoms with Crippen molar-refractivity contribution in [1.82, 2.24) is 4.90 Å². The quantitative estimate of drug-likeness (QED) is 0.686. The van der Waals surface area contributed by atoms with Crippen molar-refractivity contribution in [2.75, 3.05) is 19.6 Å². The van der Waals surface area contributed by atoms with Gasteiger partial charge in [-0.1, -0.05) is 26.2 Å². The van der Waals surface area contributed by atoms with E-state index in [0.717, 1.165) is 0 Å². The molecule has 1 saturated heterocycles. The maximum absolute atomic E-state index is 9.49. The van der Waals surface area contributed by atoms with Crippen LogP contribution >= 0.6 is 0 Å². The highest BCUT2D eigenvalue weighted by molar-refractivity contribution is 4.75. The van der Waals surface area contributed by atoms with Gasteiger partial charge in [-0.3, -0.25) is 0 Å². The third-order valence-electron chi connectivity index (χ3n) is 3.64. The lowest BCUT2D eigenvalue weighted by Crippen LogP contribution is -2.37. The molecule has 90 valence electrons. The van der Waals surface area contributed by atoms with Crippen LogP contribution in [0, 0.1) is 5.92 Å². The molecule has 1 aliphatic rings. The fourth-order valence-electron chi connectivity index (χ4n) is 2.42. The van der Waals surface area contributed by atoms with E-state index in [9.17, 15) is 5.11 Å². The highest BCUT2D eigenvalue weighted by Gasteiger charge is 2.21. The van der Waals surface area contributed by atoms with Gasteiger partial charge >= 0.3 is 0 Å². The van der Waals surface area contributed by atoms with Crippen LogP contribution in [0.1, 0.15) is 52.4 Å². The molecular weight excluding hydrogens is 186 g/mol. The van der Waals surface area contributed by atoms with Crippen LogP contribution < -0.4 is 0 Å². The summed E-state index contributed by atoms with van der Waals surface area (Å²) in [6.07, 6.45) is 7.71. The smallest absolute Gasteiger partial charge is 0.0541 e. The Morgan fingerprint density at radius 2 is 1.87 bits per heavy atom. The van der Waals surface area contributed by atoms with Crippen LogP contribution in [0.2, 0.25) is 0 Å². The highest BCUT2D eigenvalue weighted by Crippen LogP contribution is 2.20. The maximum Gasteiger partial charge on any atom is 0.0541 e. The van der Waals surface area contributed by atoms with E-state index in [2.05, 4.69) is 11.8 Å². The normalized spacial score (nSPS) is 21.8. The second-order valence-electron chi connectivity index (χ2n) is 4.98. The highest BCUT2D eigenvalue weighted by atomic mass is 16.3. The number of unbranched alkanes of at least 4 members (excludes halogenated alkanes) is 3. The van der Waals surface area contributed by atoms with E-state index in [4.69, 9.17) is 0 Å². The molecule has 2 nitrogen and oxygen atoms in total. The molecule has 0 bridgehead atoms. The third-order valence-corrected chi connectivity index (χ3v) is 3.64. The molecule has 0 aromatic rings. The van der Waals surface area contributed by atoms with Crippen molar-refractivity contribution in [1.29, 1.82) is 0 Å². The van der Waals surface area contributed by atoms with Gasteiger partial charge in [0.15, 0.2) is 0 Å². The number of hydrogen-bond donors (Lipinski definition) is 1. The zero-order valence-corrected chi connectivity index (χ0v) is 10.4. The summed E-state index contributed by atoms with van der Waals surface area (Å²) in [7, 11) is 0. The van der Waals surface area contributed by atoms with Gasteiger partial charge in [0, 0.05) is 0 Å². The molecule has 0 spiro atoms. The predicted octanol–water partition coefficient (Wildman–Crippen LogP) is 2.66. The standard InChI is InChI=1S/C13H27NO/c1-3-4-5-6-9-14-10-7-13(8-11-14)12(2)15/h12-13,15H,3-11H2,1-2H3. The molecular formula is C13H27NO. The molecule has 1 aliphatic heterocycles.